The molecule has 0 unspecified atom stereocenters. The van der Waals surface area contributed by atoms with Crippen molar-refractivity contribution in [1.29, 1.82) is 0 Å². The van der Waals surface area contributed by atoms with E-state index in [0.29, 0.717) is 12.8 Å². The molecule has 0 saturated carbocycles. The van der Waals surface area contributed by atoms with Crippen molar-refractivity contribution < 1.29 is 19.1 Å². The molecule has 0 aliphatic carbocycles. The molecule has 0 aromatic carbocycles. The summed E-state index contributed by atoms with van der Waals surface area (Å²) in [5.74, 6) is -0.212. The van der Waals surface area contributed by atoms with Crippen LogP contribution in [0, 0.1) is 0 Å². The van der Waals surface area contributed by atoms with Crippen molar-refractivity contribution in [2.45, 2.75) is 31.7 Å². The van der Waals surface area contributed by atoms with E-state index in [0.717, 1.165) is 0 Å². The fourth-order valence-electron chi connectivity index (χ4n) is 1.40. The average molecular weight is 211 g/mol. The summed E-state index contributed by atoms with van der Waals surface area (Å²) in [4.78, 5) is 21.9. The summed E-state index contributed by atoms with van der Waals surface area (Å²) in [5.41, 5.74) is -0.433. The van der Waals surface area contributed by atoms with Gasteiger partial charge in [0.1, 0.15) is 6.10 Å². The quantitative estimate of drug-likeness (QED) is 0.613. The van der Waals surface area contributed by atoms with Gasteiger partial charge in [0.05, 0.1) is 5.68 Å². The molecule has 1 aliphatic rings. The highest BCUT2D eigenvalue weighted by atomic mass is 16.7. The number of amides is 1. The van der Waals surface area contributed by atoms with Crippen LogP contribution in [0.25, 0.3) is 0 Å². The van der Waals surface area contributed by atoms with E-state index < -0.39 is 11.8 Å². The molecule has 6 heteroatoms. The molecule has 1 saturated heterocycles. The maximum atomic E-state index is 11.4. The van der Waals surface area contributed by atoms with Gasteiger partial charge in [-0.3, -0.25) is 4.79 Å². The van der Waals surface area contributed by atoms with Crippen LogP contribution in [-0.4, -0.2) is 45.5 Å². The van der Waals surface area contributed by atoms with Crippen LogP contribution in [0.3, 0.4) is 0 Å². The molecule has 0 spiro atoms. The van der Waals surface area contributed by atoms with Crippen LogP contribution >= 0.6 is 0 Å². The number of hydrogen-bond acceptors (Lipinski definition) is 4. The topological polar surface area (TPSA) is 64.6 Å². The van der Waals surface area contributed by atoms with E-state index in [-0.39, 0.29) is 25.2 Å². The van der Waals surface area contributed by atoms with Gasteiger partial charge in [-0.1, -0.05) is 0 Å². The lowest BCUT2D eigenvalue weighted by Gasteiger charge is -2.12. The van der Waals surface area contributed by atoms with Crippen LogP contribution in [0.1, 0.15) is 19.3 Å². The van der Waals surface area contributed by atoms with E-state index in [4.69, 9.17) is 17.3 Å². The molecule has 1 rings (SSSR count). The van der Waals surface area contributed by atoms with Crippen LogP contribution in [0.5, 0.6) is 0 Å². The van der Waals surface area contributed by atoms with Gasteiger partial charge in [-0.2, -0.15) is 0 Å². The minimum absolute atomic E-state index is 0.145. The highest BCUT2D eigenvalue weighted by molar-refractivity contribution is 6.57. The second-order valence-electron chi connectivity index (χ2n) is 3.37. The molecule has 0 bridgehead atoms. The second kappa shape index (κ2) is 5.87. The Bertz CT molecular complexity index is 246. The first kappa shape index (κ1) is 12.2. The molecule has 5 nitrogen and oxygen atoms in total. The van der Waals surface area contributed by atoms with Gasteiger partial charge in [0.2, 0.25) is 5.91 Å². The summed E-state index contributed by atoms with van der Waals surface area (Å²) in [7, 11) is 6.47. The molecule has 1 fully saturated rings. The minimum Gasteiger partial charge on any atom is -0.356 e. The third-order valence-corrected chi connectivity index (χ3v) is 2.21. The van der Waals surface area contributed by atoms with E-state index >= 15 is 0 Å². The molecule has 0 aromatic rings. The molecule has 0 aromatic heterocycles. The van der Waals surface area contributed by atoms with Gasteiger partial charge in [0.15, 0.2) is 14.1 Å². The Morgan fingerprint density at radius 1 is 1.53 bits per heavy atom. The maximum Gasteiger partial charge on any atom is 0.249 e. The lowest BCUT2D eigenvalue weighted by molar-refractivity contribution is -0.148. The highest BCUT2D eigenvalue weighted by Crippen LogP contribution is 2.19. The Kier molecular flexibility index (Phi) is 4.78. The van der Waals surface area contributed by atoms with Gasteiger partial charge in [0.25, 0.3) is 0 Å². The molecule has 2 radical (unpaired) electrons. The van der Waals surface area contributed by atoms with Gasteiger partial charge < -0.3 is 19.6 Å². The number of rotatable bonds is 5. The van der Waals surface area contributed by atoms with Gasteiger partial charge in [-0.25, -0.2) is 0 Å². The molecule has 1 N–H and O–H groups in total. The summed E-state index contributed by atoms with van der Waals surface area (Å²) in [6.07, 6.45) is 0.733. The zero-order chi connectivity index (χ0) is 11.3. The van der Waals surface area contributed by atoms with Crippen LogP contribution in [0.2, 0.25) is 0 Å². The Morgan fingerprint density at radius 3 is 2.80 bits per heavy atom. The summed E-state index contributed by atoms with van der Waals surface area (Å²) < 4.78 is 10.2. The summed E-state index contributed by atoms with van der Waals surface area (Å²) in [6.45, 7) is 0.256. The van der Waals surface area contributed by atoms with E-state index in [1.54, 1.807) is 0 Å². The fourth-order valence-corrected chi connectivity index (χ4v) is 1.40. The zero-order valence-corrected chi connectivity index (χ0v) is 8.69. The normalized spacial score (nSPS) is 25.1. The van der Waals surface area contributed by atoms with Crippen molar-refractivity contribution in [1.82, 2.24) is 5.32 Å². The lowest BCUT2D eigenvalue weighted by atomic mass is 10.00. The first-order valence-corrected chi connectivity index (χ1v) is 4.87. The Balaban J connectivity index is 2.20. The molecule has 15 heavy (non-hydrogen) atoms. The number of carbonyl (C=O) groups excluding carboxylic acids is 2. The van der Waals surface area contributed by atoms with Gasteiger partial charge >= 0.3 is 0 Å². The molecule has 1 heterocycles. The molecule has 1 amide bonds. The van der Waals surface area contributed by atoms with Crippen LogP contribution in [-0.2, 0) is 19.1 Å². The monoisotopic (exact) mass is 211 g/mol. The Morgan fingerprint density at radius 2 is 2.27 bits per heavy atom. The Hall–Kier alpha value is -0.875. The number of ether oxygens (including phenoxy) is 2. The first-order valence-electron chi connectivity index (χ1n) is 4.87. The lowest BCUT2D eigenvalue weighted by Crippen LogP contribution is -2.36. The van der Waals surface area contributed by atoms with Crippen molar-refractivity contribution >= 4 is 19.4 Å². The number of carbonyl (C=O) groups is 2. The van der Waals surface area contributed by atoms with Crippen LogP contribution in [0.4, 0.5) is 0 Å². The number of nitrogens with one attached hydrogen (secondary N) is 1. The van der Waals surface area contributed by atoms with E-state index in [2.05, 4.69) is 5.32 Å². The Labute approximate surface area is 89.9 Å². The van der Waals surface area contributed by atoms with Crippen LogP contribution < -0.4 is 5.32 Å². The molecular weight excluding hydrogens is 197 g/mol. The van der Waals surface area contributed by atoms with E-state index in [9.17, 15) is 9.59 Å². The largest absolute Gasteiger partial charge is 0.356 e. The van der Waals surface area contributed by atoms with Crippen molar-refractivity contribution in [2.75, 3.05) is 13.7 Å². The minimum atomic E-state index is -0.470. The molecule has 82 valence electrons. The van der Waals surface area contributed by atoms with Crippen molar-refractivity contribution in [2.24, 2.45) is 0 Å². The summed E-state index contributed by atoms with van der Waals surface area (Å²) >= 11 is 0. The van der Waals surface area contributed by atoms with Crippen molar-refractivity contribution in [3.63, 3.8) is 0 Å². The molecule has 1 aliphatic heterocycles. The summed E-state index contributed by atoms with van der Waals surface area (Å²) in [5, 5.41) is 2.58. The molecular formula is C9H14BNO4. The SMILES string of the molecule is [B]C(=O)CCNC(=O)[C@H]1CC[C@@H](OC)O1. The smallest absolute Gasteiger partial charge is 0.249 e. The fraction of sp³-hybridized carbons (Fsp3) is 0.778. The highest BCUT2D eigenvalue weighted by Gasteiger charge is 2.30. The number of methoxy groups -OCH3 is 1. The van der Waals surface area contributed by atoms with Crippen molar-refractivity contribution in [3.05, 3.63) is 0 Å². The average Bonchev–Trinajstić information content (AvgIpc) is 2.65. The standard InChI is InChI=1S/C9H14BNO4/c1-14-8-3-2-6(15-8)9(13)11-5-4-7(10)12/h6,8H,2-5H2,1H3,(H,11,13)/t6-,8+/m1/s1. The maximum absolute atomic E-state index is 11.4. The third kappa shape index (κ3) is 4.01. The predicted molar refractivity (Wildman–Crippen MR) is 53.3 cm³/mol. The first-order chi connectivity index (χ1) is 7.13. The predicted octanol–water partition coefficient (Wildman–Crippen LogP) is -0.661. The van der Waals surface area contributed by atoms with E-state index in [1.165, 1.54) is 7.11 Å². The zero-order valence-electron chi connectivity index (χ0n) is 8.69. The number of hydrogen-bond donors (Lipinski definition) is 1. The van der Waals surface area contributed by atoms with Crippen molar-refractivity contribution in [3.8, 4) is 0 Å². The van der Waals surface area contributed by atoms with E-state index in [1.807, 2.05) is 0 Å². The van der Waals surface area contributed by atoms with Gasteiger partial charge in [0, 0.05) is 26.5 Å². The second-order valence-corrected chi connectivity index (χ2v) is 3.37. The van der Waals surface area contributed by atoms with Crippen LogP contribution in [0.15, 0.2) is 0 Å². The van der Waals surface area contributed by atoms with Gasteiger partial charge in [-0.05, 0) is 6.42 Å². The summed E-state index contributed by atoms with van der Waals surface area (Å²) in [6, 6.07) is 0. The molecule has 2 atom stereocenters. The van der Waals surface area contributed by atoms with Gasteiger partial charge in [-0.15, -0.1) is 0 Å². The third-order valence-electron chi connectivity index (χ3n) is 2.21.